The number of halogens is 4. The van der Waals surface area contributed by atoms with Crippen LogP contribution < -0.4 is 10.3 Å². The number of benzene rings is 2. The van der Waals surface area contributed by atoms with Crippen LogP contribution in [0.4, 0.5) is 18.9 Å². The molecular formula is C22H21BrF3N3O. The number of aromatic amines is 1. The number of fused-ring (bicyclic) bond motifs is 1. The molecule has 0 atom stereocenters. The molecule has 0 aliphatic carbocycles. The monoisotopic (exact) mass is 479 g/mol. The molecule has 3 aromatic rings. The van der Waals surface area contributed by atoms with Crippen molar-refractivity contribution in [3.63, 3.8) is 0 Å². The maximum absolute atomic E-state index is 12.7. The molecule has 1 N–H and O–H groups in total. The second kappa shape index (κ2) is 8.07. The first-order chi connectivity index (χ1) is 14.2. The zero-order valence-corrected chi connectivity index (χ0v) is 18.0. The highest BCUT2D eigenvalue weighted by Crippen LogP contribution is 2.30. The molecule has 0 bridgehead atoms. The lowest BCUT2D eigenvalue weighted by Crippen LogP contribution is -2.45. The summed E-state index contributed by atoms with van der Waals surface area (Å²) in [6.45, 7) is 5.75. The van der Waals surface area contributed by atoms with Crippen LogP contribution in [0.1, 0.15) is 16.8 Å². The van der Waals surface area contributed by atoms with Crippen LogP contribution in [0.25, 0.3) is 10.9 Å². The lowest BCUT2D eigenvalue weighted by atomic mass is 10.1. The minimum absolute atomic E-state index is 0.0158. The number of aromatic nitrogens is 1. The molecule has 158 valence electrons. The van der Waals surface area contributed by atoms with E-state index in [0.29, 0.717) is 9.86 Å². The van der Waals surface area contributed by atoms with Crippen molar-refractivity contribution in [3.8, 4) is 0 Å². The average Bonchev–Trinajstić information content (AvgIpc) is 2.72. The van der Waals surface area contributed by atoms with Gasteiger partial charge in [-0.05, 0) is 64.8 Å². The standard InChI is InChI=1S/C22H21BrF3N3O/c1-14-20(23)21(30)18-7-2-15(12-19(18)27-14)13-28-8-10-29(11-9-28)17-5-3-16(4-6-17)22(24,25)26/h2-7,12H,8-11,13H2,1H3,(H,27,30). The van der Waals surface area contributed by atoms with Gasteiger partial charge in [0.15, 0.2) is 0 Å². The Morgan fingerprint density at radius 3 is 2.33 bits per heavy atom. The number of alkyl halides is 3. The minimum Gasteiger partial charge on any atom is -0.369 e. The molecule has 4 rings (SSSR count). The lowest BCUT2D eigenvalue weighted by Gasteiger charge is -2.36. The van der Waals surface area contributed by atoms with E-state index in [4.69, 9.17) is 0 Å². The maximum atomic E-state index is 12.7. The van der Waals surface area contributed by atoms with Gasteiger partial charge in [-0.25, -0.2) is 0 Å². The maximum Gasteiger partial charge on any atom is 0.416 e. The Labute approximate surface area is 180 Å². The minimum atomic E-state index is -4.31. The van der Waals surface area contributed by atoms with E-state index in [-0.39, 0.29) is 5.43 Å². The van der Waals surface area contributed by atoms with Gasteiger partial charge >= 0.3 is 6.18 Å². The van der Waals surface area contributed by atoms with E-state index >= 15 is 0 Å². The predicted molar refractivity (Wildman–Crippen MR) is 116 cm³/mol. The van der Waals surface area contributed by atoms with Gasteiger partial charge in [0, 0.05) is 55.0 Å². The molecule has 8 heteroatoms. The summed E-state index contributed by atoms with van der Waals surface area (Å²) in [5, 5.41) is 0.656. The summed E-state index contributed by atoms with van der Waals surface area (Å²) in [6.07, 6.45) is -4.31. The van der Waals surface area contributed by atoms with Gasteiger partial charge in [0.2, 0.25) is 5.43 Å². The number of H-pyrrole nitrogens is 1. The van der Waals surface area contributed by atoms with Gasteiger partial charge in [0.25, 0.3) is 0 Å². The molecule has 4 nitrogen and oxygen atoms in total. The van der Waals surface area contributed by atoms with Crippen molar-refractivity contribution in [2.45, 2.75) is 19.6 Å². The van der Waals surface area contributed by atoms with Crippen LogP contribution in [0.2, 0.25) is 0 Å². The predicted octanol–water partition coefficient (Wildman–Crippen LogP) is 4.94. The number of hydrogen-bond donors (Lipinski definition) is 1. The molecule has 1 fully saturated rings. The van der Waals surface area contributed by atoms with Crippen molar-refractivity contribution in [3.05, 3.63) is 74.0 Å². The molecule has 2 heterocycles. The number of piperazine rings is 1. The third kappa shape index (κ3) is 4.25. The molecule has 0 amide bonds. The third-order valence-electron chi connectivity index (χ3n) is 5.52. The number of rotatable bonds is 3. The molecule has 1 aliphatic heterocycles. The highest BCUT2D eigenvalue weighted by Gasteiger charge is 2.30. The highest BCUT2D eigenvalue weighted by atomic mass is 79.9. The lowest BCUT2D eigenvalue weighted by molar-refractivity contribution is -0.137. The number of nitrogens with one attached hydrogen (secondary N) is 1. The van der Waals surface area contributed by atoms with Crippen molar-refractivity contribution in [1.29, 1.82) is 0 Å². The SMILES string of the molecule is Cc1[nH]c2cc(CN3CCN(c4ccc(C(F)(F)F)cc4)CC3)ccc2c(=O)c1Br. The van der Waals surface area contributed by atoms with Crippen molar-refractivity contribution >= 4 is 32.5 Å². The van der Waals surface area contributed by atoms with Crippen LogP contribution in [0.3, 0.4) is 0 Å². The van der Waals surface area contributed by atoms with Crippen molar-refractivity contribution in [2.75, 3.05) is 31.1 Å². The fraction of sp³-hybridized carbons (Fsp3) is 0.318. The van der Waals surface area contributed by atoms with Crippen LogP contribution in [-0.4, -0.2) is 36.1 Å². The van der Waals surface area contributed by atoms with Crippen LogP contribution in [-0.2, 0) is 12.7 Å². The number of nitrogens with zero attached hydrogens (tertiary/aromatic N) is 2. The van der Waals surface area contributed by atoms with Gasteiger partial charge in [-0.2, -0.15) is 13.2 Å². The van der Waals surface area contributed by atoms with E-state index in [2.05, 4.69) is 30.7 Å². The van der Waals surface area contributed by atoms with E-state index in [1.165, 1.54) is 0 Å². The van der Waals surface area contributed by atoms with E-state index in [9.17, 15) is 18.0 Å². The number of hydrogen-bond acceptors (Lipinski definition) is 3. The van der Waals surface area contributed by atoms with Crippen molar-refractivity contribution in [2.24, 2.45) is 0 Å². The molecule has 0 unspecified atom stereocenters. The number of pyridine rings is 1. The Morgan fingerprint density at radius 2 is 1.70 bits per heavy atom. The van der Waals surface area contributed by atoms with Gasteiger partial charge in [-0.1, -0.05) is 6.07 Å². The Kier molecular flexibility index (Phi) is 5.63. The fourth-order valence-electron chi connectivity index (χ4n) is 3.82. The van der Waals surface area contributed by atoms with Gasteiger partial charge in [0.05, 0.1) is 10.0 Å². The smallest absolute Gasteiger partial charge is 0.369 e. The Bertz CT molecular complexity index is 1120. The van der Waals surface area contributed by atoms with Crippen LogP contribution in [0.15, 0.2) is 51.7 Å². The molecule has 0 saturated carbocycles. The summed E-state index contributed by atoms with van der Waals surface area (Å²) >= 11 is 3.32. The summed E-state index contributed by atoms with van der Waals surface area (Å²) in [5.41, 5.74) is 2.91. The van der Waals surface area contributed by atoms with E-state index in [1.807, 2.05) is 25.1 Å². The first-order valence-electron chi connectivity index (χ1n) is 9.68. The molecule has 30 heavy (non-hydrogen) atoms. The molecule has 1 aliphatic rings. The van der Waals surface area contributed by atoms with Crippen LogP contribution in [0.5, 0.6) is 0 Å². The molecule has 2 aromatic carbocycles. The zero-order valence-electron chi connectivity index (χ0n) is 16.4. The topological polar surface area (TPSA) is 39.3 Å². The normalized spacial score (nSPS) is 15.7. The van der Waals surface area contributed by atoms with E-state index < -0.39 is 11.7 Å². The van der Waals surface area contributed by atoms with Gasteiger partial charge < -0.3 is 9.88 Å². The molecule has 1 aromatic heterocycles. The molecule has 0 spiro atoms. The summed E-state index contributed by atoms with van der Waals surface area (Å²) in [6, 6.07) is 11.2. The number of aryl methyl sites for hydroxylation is 1. The summed E-state index contributed by atoms with van der Waals surface area (Å²) in [7, 11) is 0. The quantitative estimate of drug-likeness (QED) is 0.578. The van der Waals surface area contributed by atoms with Crippen LogP contribution >= 0.6 is 15.9 Å². The van der Waals surface area contributed by atoms with E-state index in [0.717, 1.165) is 67.3 Å². The Balaban J connectivity index is 1.41. The zero-order chi connectivity index (χ0) is 21.5. The van der Waals surface area contributed by atoms with Crippen LogP contribution in [0, 0.1) is 6.92 Å². The molecular weight excluding hydrogens is 459 g/mol. The van der Waals surface area contributed by atoms with E-state index in [1.54, 1.807) is 12.1 Å². The first-order valence-corrected chi connectivity index (χ1v) is 10.5. The highest BCUT2D eigenvalue weighted by molar-refractivity contribution is 9.10. The largest absolute Gasteiger partial charge is 0.416 e. The van der Waals surface area contributed by atoms with Gasteiger partial charge in [-0.15, -0.1) is 0 Å². The summed E-state index contributed by atoms with van der Waals surface area (Å²) in [4.78, 5) is 20.0. The second-order valence-electron chi connectivity index (χ2n) is 7.58. The number of anilines is 1. The molecule has 1 saturated heterocycles. The van der Waals surface area contributed by atoms with Gasteiger partial charge in [0.1, 0.15) is 0 Å². The van der Waals surface area contributed by atoms with Gasteiger partial charge in [-0.3, -0.25) is 9.69 Å². The Morgan fingerprint density at radius 1 is 1.03 bits per heavy atom. The Hall–Kier alpha value is -2.32. The summed E-state index contributed by atoms with van der Waals surface area (Å²) in [5.74, 6) is 0. The third-order valence-corrected chi connectivity index (χ3v) is 6.47. The van der Waals surface area contributed by atoms with Crippen molar-refractivity contribution in [1.82, 2.24) is 9.88 Å². The fourth-order valence-corrected chi connectivity index (χ4v) is 4.13. The summed E-state index contributed by atoms with van der Waals surface area (Å²) < 4.78 is 38.8. The average molecular weight is 480 g/mol. The molecule has 0 radical (unpaired) electrons. The second-order valence-corrected chi connectivity index (χ2v) is 8.37. The van der Waals surface area contributed by atoms with Crippen molar-refractivity contribution < 1.29 is 13.2 Å². The first kappa shape index (κ1) is 20.9.